The van der Waals surface area contributed by atoms with Gasteiger partial charge in [-0.3, -0.25) is 4.79 Å². The van der Waals surface area contributed by atoms with Crippen LogP contribution in [0, 0.1) is 0 Å². The third-order valence-electron chi connectivity index (χ3n) is 3.07. The largest absolute Gasteiger partial charge is 0.508 e. The van der Waals surface area contributed by atoms with Crippen LogP contribution in [0.4, 0.5) is 0 Å². The lowest BCUT2D eigenvalue weighted by Crippen LogP contribution is -2.19. The molecule has 1 saturated heterocycles. The molecule has 0 bridgehead atoms. The Morgan fingerprint density at radius 1 is 1.14 bits per heavy atom. The van der Waals surface area contributed by atoms with Gasteiger partial charge in [-0.2, -0.15) is 5.10 Å². The maximum Gasteiger partial charge on any atom is 0.236 e. The van der Waals surface area contributed by atoms with E-state index in [9.17, 15) is 9.90 Å². The van der Waals surface area contributed by atoms with Gasteiger partial charge in [0.2, 0.25) is 5.91 Å². The summed E-state index contributed by atoms with van der Waals surface area (Å²) in [5.74, 6) is 0.567. The van der Waals surface area contributed by atoms with Gasteiger partial charge in [0.1, 0.15) is 5.75 Å². The number of nitrogens with zero attached hydrogens (tertiary/aromatic N) is 2. The predicted octanol–water partition coefficient (Wildman–Crippen LogP) is 2.61. The van der Waals surface area contributed by atoms with Gasteiger partial charge in [-0.1, -0.05) is 48.2 Å². The SMILES string of the molecule is O=C1CSC(=NN=Cc2ccccc2-c2ccc(O)cc2)N1. The number of carbonyl (C=O) groups excluding carboxylic acids is 1. The minimum Gasteiger partial charge on any atom is -0.508 e. The van der Waals surface area contributed by atoms with Crippen molar-refractivity contribution in [2.75, 3.05) is 5.75 Å². The third kappa shape index (κ3) is 3.35. The Morgan fingerprint density at radius 3 is 2.64 bits per heavy atom. The Balaban J connectivity index is 1.85. The fourth-order valence-corrected chi connectivity index (χ4v) is 2.67. The highest BCUT2D eigenvalue weighted by molar-refractivity contribution is 8.15. The zero-order valence-electron chi connectivity index (χ0n) is 11.6. The monoisotopic (exact) mass is 311 g/mol. The van der Waals surface area contributed by atoms with Crippen molar-refractivity contribution in [1.82, 2.24) is 5.32 Å². The van der Waals surface area contributed by atoms with Crippen LogP contribution in [0.5, 0.6) is 5.75 Å². The van der Waals surface area contributed by atoms with Gasteiger partial charge < -0.3 is 10.4 Å². The molecule has 22 heavy (non-hydrogen) atoms. The number of rotatable bonds is 3. The van der Waals surface area contributed by atoms with Gasteiger partial charge in [0, 0.05) is 5.56 Å². The van der Waals surface area contributed by atoms with Crippen molar-refractivity contribution in [3.63, 3.8) is 0 Å². The van der Waals surface area contributed by atoms with Gasteiger partial charge in [-0.05, 0) is 23.3 Å². The number of phenols is 1. The number of aromatic hydroxyl groups is 1. The number of amides is 1. The number of carbonyl (C=O) groups is 1. The molecule has 6 heteroatoms. The maximum atomic E-state index is 11.1. The van der Waals surface area contributed by atoms with Crippen molar-refractivity contribution in [1.29, 1.82) is 0 Å². The normalized spacial score (nSPS) is 16.4. The van der Waals surface area contributed by atoms with Crippen LogP contribution in [0.15, 0.2) is 58.7 Å². The maximum absolute atomic E-state index is 11.1. The van der Waals surface area contributed by atoms with E-state index in [2.05, 4.69) is 15.5 Å². The fourth-order valence-electron chi connectivity index (χ4n) is 2.04. The molecule has 0 spiro atoms. The van der Waals surface area contributed by atoms with E-state index >= 15 is 0 Å². The lowest BCUT2D eigenvalue weighted by molar-refractivity contribution is -0.116. The molecule has 0 radical (unpaired) electrons. The summed E-state index contributed by atoms with van der Waals surface area (Å²) in [7, 11) is 0. The summed E-state index contributed by atoms with van der Waals surface area (Å²) in [6.07, 6.45) is 1.65. The zero-order chi connectivity index (χ0) is 15.4. The topological polar surface area (TPSA) is 74.0 Å². The van der Waals surface area contributed by atoms with E-state index in [0.29, 0.717) is 10.9 Å². The highest BCUT2D eigenvalue weighted by atomic mass is 32.2. The van der Waals surface area contributed by atoms with Gasteiger partial charge in [-0.25, -0.2) is 0 Å². The van der Waals surface area contributed by atoms with E-state index in [-0.39, 0.29) is 11.7 Å². The van der Waals surface area contributed by atoms with Crippen molar-refractivity contribution in [3.05, 3.63) is 54.1 Å². The summed E-state index contributed by atoms with van der Waals surface area (Å²) in [6.45, 7) is 0. The van der Waals surface area contributed by atoms with Crippen LogP contribution in [-0.4, -0.2) is 28.1 Å². The number of amidine groups is 1. The Morgan fingerprint density at radius 2 is 1.91 bits per heavy atom. The average molecular weight is 311 g/mol. The summed E-state index contributed by atoms with van der Waals surface area (Å²) in [5.41, 5.74) is 2.89. The average Bonchev–Trinajstić information content (AvgIpc) is 2.94. The molecule has 1 aliphatic heterocycles. The number of hydrogen-bond donors (Lipinski definition) is 2. The van der Waals surface area contributed by atoms with Crippen LogP contribution in [-0.2, 0) is 4.79 Å². The predicted molar refractivity (Wildman–Crippen MR) is 89.2 cm³/mol. The second kappa shape index (κ2) is 6.44. The van der Waals surface area contributed by atoms with Crippen LogP contribution >= 0.6 is 11.8 Å². The van der Waals surface area contributed by atoms with Gasteiger partial charge in [-0.15, -0.1) is 5.10 Å². The van der Waals surface area contributed by atoms with Crippen molar-refractivity contribution in [2.45, 2.75) is 0 Å². The fraction of sp³-hybridized carbons (Fsp3) is 0.0625. The quantitative estimate of drug-likeness (QED) is 0.676. The molecule has 1 amide bonds. The third-order valence-corrected chi connectivity index (χ3v) is 3.93. The van der Waals surface area contributed by atoms with Gasteiger partial charge in [0.05, 0.1) is 12.0 Å². The van der Waals surface area contributed by atoms with Crippen molar-refractivity contribution < 1.29 is 9.90 Å². The number of hydrogen-bond acceptors (Lipinski definition) is 5. The molecule has 2 aromatic carbocycles. The number of phenolic OH excluding ortho intramolecular Hbond substituents is 1. The highest BCUT2D eigenvalue weighted by Gasteiger charge is 2.15. The van der Waals surface area contributed by atoms with Gasteiger partial charge in [0.15, 0.2) is 5.17 Å². The molecule has 0 atom stereocenters. The van der Waals surface area contributed by atoms with Gasteiger partial charge in [0.25, 0.3) is 0 Å². The molecule has 1 heterocycles. The van der Waals surface area contributed by atoms with Crippen molar-refractivity contribution in [3.8, 4) is 16.9 Å². The standard InChI is InChI=1S/C16H13N3O2S/c20-13-7-5-11(6-8-13)14-4-2-1-3-12(14)9-17-19-16-18-15(21)10-22-16/h1-9,20H,10H2,(H,18,19,21). The molecule has 0 aromatic heterocycles. The van der Waals surface area contributed by atoms with Crippen LogP contribution < -0.4 is 5.32 Å². The van der Waals surface area contributed by atoms with Gasteiger partial charge >= 0.3 is 0 Å². The zero-order valence-corrected chi connectivity index (χ0v) is 12.4. The van der Waals surface area contributed by atoms with E-state index in [1.807, 2.05) is 36.4 Å². The second-order valence-corrected chi connectivity index (χ2v) is 5.58. The molecule has 2 aromatic rings. The lowest BCUT2D eigenvalue weighted by Gasteiger charge is -2.05. The van der Waals surface area contributed by atoms with E-state index in [1.54, 1.807) is 18.3 Å². The molecule has 1 fully saturated rings. The van der Waals surface area contributed by atoms with Crippen LogP contribution in [0.2, 0.25) is 0 Å². The molecule has 0 saturated carbocycles. The summed E-state index contributed by atoms with van der Waals surface area (Å²) in [5, 5.41) is 20.6. The summed E-state index contributed by atoms with van der Waals surface area (Å²) in [4.78, 5) is 11.1. The first-order valence-corrected chi connectivity index (χ1v) is 7.63. The van der Waals surface area contributed by atoms with Crippen molar-refractivity contribution >= 4 is 29.1 Å². The number of thioether (sulfide) groups is 1. The number of nitrogens with one attached hydrogen (secondary N) is 1. The van der Waals surface area contributed by atoms with Crippen LogP contribution in [0.25, 0.3) is 11.1 Å². The minimum atomic E-state index is -0.0524. The first kappa shape index (κ1) is 14.3. The first-order chi connectivity index (χ1) is 10.7. The molecule has 0 unspecified atom stereocenters. The van der Waals surface area contributed by atoms with E-state index in [1.165, 1.54) is 11.8 Å². The molecule has 3 rings (SSSR count). The number of benzene rings is 2. The Kier molecular flexibility index (Phi) is 4.20. The van der Waals surface area contributed by atoms with Crippen LogP contribution in [0.1, 0.15) is 5.56 Å². The molecule has 2 N–H and O–H groups in total. The molecule has 110 valence electrons. The smallest absolute Gasteiger partial charge is 0.236 e. The summed E-state index contributed by atoms with van der Waals surface area (Å²) in [6, 6.07) is 14.8. The molecule has 0 aliphatic carbocycles. The highest BCUT2D eigenvalue weighted by Crippen LogP contribution is 2.24. The summed E-state index contributed by atoms with van der Waals surface area (Å²) >= 11 is 1.34. The lowest BCUT2D eigenvalue weighted by atomic mass is 10.0. The Hall–Kier alpha value is -2.60. The Bertz CT molecular complexity index is 754. The summed E-state index contributed by atoms with van der Waals surface area (Å²) < 4.78 is 0. The molecular weight excluding hydrogens is 298 g/mol. The minimum absolute atomic E-state index is 0.0524. The second-order valence-electron chi connectivity index (χ2n) is 4.62. The first-order valence-electron chi connectivity index (χ1n) is 6.64. The molecular formula is C16H13N3O2S. The van der Waals surface area contributed by atoms with Crippen molar-refractivity contribution in [2.24, 2.45) is 10.2 Å². The van der Waals surface area contributed by atoms with E-state index in [0.717, 1.165) is 16.7 Å². The van der Waals surface area contributed by atoms with Crippen LogP contribution in [0.3, 0.4) is 0 Å². The van der Waals surface area contributed by atoms with E-state index in [4.69, 9.17) is 0 Å². The Labute approximate surface area is 131 Å². The van der Waals surface area contributed by atoms with E-state index < -0.39 is 0 Å². The molecule has 5 nitrogen and oxygen atoms in total. The molecule has 1 aliphatic rings.